The molecule has 0 atom stereocenters. The normalized spacial score (nSPS) is 10.3. The molecule has 20 heavy (non-hydrogen) atoms. The molecule has 0 aliphatic heterocycles. The van der Waals surface area contributed by atoms with Crippen LogP contribution in [0.15, 0.2) is 48.5 Å². The number of hydrogen-bond donors (Lipinski definition) is 1. The van der Waals surface area contributed by atoms with E-state index in [0.717, 1.165) is 0 Å². The van der Waals surface area contributed by atoms with E-state index in [4.69, 9.17) is 5.11 Å². The number of phenols is 1. The molecule has 0 aliphatic rings. The minimum Gasteiger partial charge on any atom is -0.508 e. The fraction of sp³-hybridized carbons (Fsp3) is 0.333. The van der Waals surface area contributed by atoms with Crippen LogP contribution in [0.25, 0.3) is 0 Å². The summed E-state index contributed by atoms with van der Waals surface area (Å²) in [5, 5.41) is 9.06. The van der Waals surface area contributed by atoms with E-state index in [2.05, 4.69) is 27.7 Å². The van der Waals surface area contributed by atoms with Gasteiger partial charge in [-0.15, -0.1) is 0 Å². The zero-order valence-electron chi connectivity index (χ0n) is 12.6. The molecule has 0 fully saturated rings. The van der Waals surface area contributed by atoms with Crippen molar-refractivity contribution in [1.82, 2.24) is 0 Å². The van der Waals surface area contributed by atoms with Gasteiger partial charge in [-0.2, -0.15) is 0 Å². The third kappa shape index (κ3) is 5.43. The Bertz CT molecular complexity index is 515. The first-order chi connectivity index (χ1) is 9.40. The van der Waals surface area contributed by atoms with E-state index in [1.54, 1.807) is 12.1 Å². The van der Waals surface area contributed by atoms with Gasteiger partial charge in [-0.3, -0.25) is 0 Å². The Balaban J connectivity index is 0.000000200. The molecule has 2 heteroatoms. The summed E-state index contributed by atoms with van der Waals surface area (Å²) in [4.78, 5) is 0. The van der Waals surface area contributed by atoms with E-state index in [9.17, 15) is 4.39 Å². The summed E-state index contributed by atoms with van der Waals surface area (Å²) in [6, 6.07) is 14.0. The van der Waals surface area contributed by atoms with E-state index in [-0.39, 0.29) is 5.82 Å². The van der Waals surface area contributed by atoms with Gasteiger partial charge in [-0.25, -0.2) is 4.39 Å². The lowest BCUT2D eigenvalue weighted by Crippen LogP contribution is -1.85. The molecular weight excluding hydrogens is 251 g/mol. The van der Waals surface area contributed by atoms with E-state index in [0.29, 0.717) is 17.6 Å². The first-order valence-corrected chi connectivity index (χ1v) is 6.94. The van der Waals surface area contributed by atoms with Gasteiger partial charge >= 0.3 is 0 Å². The van der Waals surface area contributed by atoms with Crippen molar-refractivity contribution in [3.63, 3.8) is 0 Å². The summed E-state index contributed by atoms with van der Waals surface area (Å²) >= 11 is 0. The smallest absolute Gasteiger partial charge is 0.123 e. The lowest BCUT2D eigenvalue weighted by atomic mass is 10.0. The number of aromatic hydroxyl groups is 1. The predicted octanol–water partition coefficient (Wildman–Crippen LogP) is 5.46. The third-order valence-electron chi connectivity index (χ3n) is 3.07. The molecule has 0 amide bonds. The molecule has 0 radical (unpaired) electrons. The van der Waals surface area contributed by atoms with Crippen LogP contribution in [0.5, 0.6) is 5.75 Å². The maximum atomic E-state index is 12.4. The Morgan fingerprint density at radius 3 is 1.75 bits per heavy atom. The van der Waals surface area contributed by atoms with Gasteiger partial charge in [0.05, 0.1) is 0 Å². The molecule has 0 heterocycles. The van der Waals surface area contributed by atoms with Crippen LogP contribution < -0.4 is 0 Å². The lowest BCUT2D eigenvalue weighted by molar-refractivity contribution is 0.474. The van der Waals surface area contributed by atoms with Crippen molar-refractivity contribution in [2.45, 2.75) is 39.5 Å². The molecule has 0 spiro atoms. The number of benzene rings is 2. The summed E-state index contributed by atoms with van der Waals surface area (Å²) in [6.45, 7) is 8.39. The second-order valence-corrected chi connectivity index (χ2v) is 5.46. The van der Waals surface area contributed by atoms with Crippen LogP contribution in [0.1, 0.15) is 50.7 Å². The highest BCUT2D eigenvalue weighted by molar-refractivity contribution is 5.28. The molecule has 108 valence electrons. The van der Waals surface area contributed by atoms with Gasteiger partial charge in [0.1, 0.15) is 11.6 Å². The zero-order chi connectivity index (χ0) is 15.1. The Hall–Kier alpha value is -1.83. The van der Waals surface area contributed by atoms with Gasteiger partial charge in [-0.1, -0.05) is 52.0 Å². The molecule has 0 aromatic heterocycles. The molecule has 0 bridgehead atoms. The number of halogens is 1. The van der Waals surface area contributed by atoms with Crippen molar-refractivity contribution >= 4 is 0 Å². The van der Waals surface area contributed by atoms with Crippen molar-refractivity contribution in [1.29, 1.82) is 0 Å². The van der Waals surface area contributed by atoms with Crippen LogP contribution in [0.3, 0.4) is 0 Å². The highest BCUT2D eigenvalue weighted by Gasteiger charge is 1.97. The van der Waals surface area contributed by atoms with Crippen LogP contribution in [0.4, 0.5) is 4.39 Å². The monoisotopic (exact) mass is 274 g/mol. The fourth-order valence-corrected chi connectivity index (χ4v) is 1.73. The second-order valence-electron chi connectivity index (χ2n) is 5.46. The molecule has 2 rings (SSSR count). The average Bonchev–Trinajstić information content (AvgIpc) is 2.40. The molecule has 0 saturated carbocycles. The average molecular weight is 274 g/mol. The summed E-state index contributed by atoms with van der Waals surface area (Å²) in [6.07, 6.45) is 0. The van der Waals surface area contributed by atoms with E-state index in [1.807, 2.05) is 24.3 Å². The maximum Gasteiger partial charge on any atom is 0.123 e. The predicted molar refractivity (Wildman–Crippen MR) is 82.7 cm³/mol. The summed E-state index contributed by atoms with van der Waals surface area (Å²) in [5.74, 6) is 1.17. The zero-order valence-corrected chi connectivity index (χ0v) is 12.6. The lowest BCUT2D eigenvalue weighted by Gasteiger charge is -2.03. The van der Waals surface area contributed by atoms with Crippen molar-refractivity contribution in [3.8, 4) is 5.75 Å². The van der Waals surface area contributed by atoms with Gasteiger partial charge in [0.15, 0.2) is 0 Å². The number of phenolic OH excluding ortho intramolecular Hbond substituents is 1. The third-order valence-corrected chi connectivity index (χ3v) is 3.07. The van der Waals surface area contributed by atoms with Crippen molar-refractivity contribution in [2.75, 3.05) is 0 Å². The van der Waals surface area contributed by atoms with Gasteiger partial charge in [-0.05, 0) is 47.2 Å². The molecular formula is C18H23FO. The maximum absolute atomic E-state index is 12.4. The fourth-order valence-electron chi connectivity index (χ4n) is 1.73. The first kappa shape index (κ1) is 16.2. The highest BCUT2D eigenvalue weighted by Crippen LogP contribution is 2.18. The van der Waals surface area contributed by atoms with Crippen molar-refractivity contribution in [2.24, 2.45) is 0 Å². The minimum absolute atomic E-state index is 0.163. The SMILES string of the molecule is CC(C)c1ccc(F)cc1.CC(C)c1cccc(O)c1. The molecule has 1 nitrogen and oxygen atoms in total. The van der Waals surface area contributed by atoms with Crippen LogP contribution in [0, 0.1) is 5.82 Å². The minimum atomic E-state index is -0.163. The van der Waals surface area contributed by atoms with Crippen LogP contribution in [0.2, 0.25) is 0 Å². The van der Waals surface area contributed by atoms with Crippen molar-refractivity contribution in [3.05, 3.63) is 65.5 Å². The van der Waals surface area contributed by atoms with Gasteiger partial charge < -0.3 is 5.11 Å². The Kier molecular flexibility index (Phi) is 6.23. The largest absolute Gasteiger partial charge is 0.508 e. The van der Waals surface area contributed by atoms with Crippen molar-refractivity contribution < 1.29 is 9.50 Å². The number of hydrogen-bond acceptors (Lipinski definition) is 1. The van der Waals surface area contributed by atoms with E-state index >= 15 is 0 Å². The van der Waals surface area contributed by atoms with Crippen LogP contribution in [-0.4, -0.2) is 5.11 Å². The molecule has 1 N–H and O–H groups in total. The Morgan fingerprint density at radius 2 is 1.35 bits per heavy atom. The number of rotatable bonds is 2. The van der Waals surface area contributed by atoms with E-state index < -0.39 is 0 Å². The highest BCUT2D eigenvalue weighted by atomic mass is 19.1. The topological polar surface area (TPSA) is 20.2 Å². The summed E-state index contributed by atoms with van der Waals surface area (Å²) < 4.78 is 12.4. The molecule has 0 aliphatic carbocycles. The molecule has 2 aromatic rings. The van der Waals surface area contributed by atoms with Crippen LogP contribution >= 0.6 is 0 Å². The first-order valence-electron chi connectivity index (χ1n) is 6.94. The Morgan fingerprint density at radius 1 is 0.800 bits per heavy atom. The van der Waals surface area contributed by atoms with Crippen LogP contribution in [-0.2, 0) is 0 Å². The standard InChI is InChI=1S/C9H11F.C9H12O/c1-7(2)8-3-5-9(10)6-4-8;1-7(2)8-4-3-5-9(10)6-8/h3-7H,1-2H3;3-7,10H,1-2H3. The molecule has 0 unspecified atom stereocenters. The quantitative estimate of drug-likeness (QED) is 0.770. The summed E-state index contributed by atoms with van der Waals surface area (Å²) in [5.41, 5.74) is 2.36. The summed E-state index contributed by atoms with van der Waals surface area (Å²) in [7, 11) is 0. The van der Waals surface area contributed by atoms with Gasteiger partial charge in [0.2, 0.25) is 0 Å². The molecule has 0 saturated heterocycles. The van der Waals surface area contributed by atoms with E-state index in [1.165, 1.54) is 23.3 Å². The van der Waals surface area contributed by atoms with Gasteiger partial charge in [0, 0.05) is 0 Å². The molecule has 2 aromatic carbocycles. The van der Waals surface area contributed by atoms with Gasteiger partial charge in [0.25, 0.3) is 0 Å². The Labute approximate surface area is 121 Å². The second kappa shape index (κ2) is 7.68.